The fourth-order valence-electron chi connectivity index (χ4n) is 3.09. The SMILES string of the molecule is CCN(CC1CCCCN1)S(=O)(=O)N1CCC(C)CC1. The molecule has 0 aromatic carbocycles. The van der Waals surface area contributed by atoms with Crippen LogP contribution in [0.1, 0.15) is 46.0 Å². The minimum Gasteiger partial charge on any atom is -0.313 e. The zero-order valence-electron chi connectivity index (χ0n) is 12.8. The lowest BCUT2D eigenvalue weighted by molar-refractivity contribution is 0.253. The van der Waals surface area contributed by atoms with E-state index in [1.807, 2.05) is 6.92 Å². The summed E-state index contributed by atoms with van der Waals surface area (Å²) in [5.41, 5.74) is 0. The highest BCUT2D eigenvalue weighted by atomic mass is 32.2. The van der Waals surface area contributed by atoms with E-state index in [4.69, 9.17) is 0 Å². The van der Waals surface area contributed by atoms with Gasteiger partial charge in [0.15, 0.2) is 0 Å². The molecule has 0 amide bonds. The van der Waals surface area contributed by atoms with Crippen molar-refractivity contribution in [2.75, 3.05) is 32.7 Å². The van der Waals surface area contributed by atoms with Crippen LogP contribution >= 0.6 is 0 Å². The Labute approximate surface area is 123 Å². The zero-order chi connectivity index (χ0) is 14.6. The smallest absolute Gasteiger partial charge is 0.282 e. The van der Waals surface area contributed by atoms with Crippen LogP contribution in [0.3, 0.4) is 0 Å². The lowest BCUT2D eigenvalue weighted by Crippen LogP contribution is -2.51. The summed E-state index contributed by atoms with van der Waals surface area (Å²) in [5, 5.41) is 3.44. The second-order valence-electron chi connectivity index (χ2n) is 6.19. The van der Waals surface area contributed by atoms with E-state index in [1.54, 1.807) is 8.61 Å². The molecule has 0 radical (unpaired) electrons. The quantitative estimate of drug-likeness (QED) is 0.836. The van der Waals surface area contributed by atoms with Crippen LogP contribution in [0.5, 0.6) is 0 Å². The van der Waals surface area contributed by atoms with Gasteiger partial charge in [-0.2, -0.15) is 17.0 Å². The van der Waals surface area contributed by atoms with Crippen molar-refractivity contribution in [2.45, 2.75) is 52.0 Å². The van der Waals surface area contributed by atoms with Crippen molar-refractivity contribution < 1.29 is 8.42 Å². The molecule has 2 aliphatic rings. The summed E-state index contributed by atoms with van der Waals surface area (Å²) in [7, 11) is -3.27. The first-order valence-corrected chi connectivity index (χ1v) is 9.42. The van der Waals surface area contributed by atoms with Gasteiger partial charge in [0.1, 0.15) is 0 Å². The molecule has 0 bridgehead atoms. The van der Waals surface area contributed by atoms with Crippen LogP contribution in [0, 0.1) is 5.92 Å². The highest BCUT2D eigenvalue weighted by molar-refractivity contribution is 7.86. The van der Waals surface area contributed by atoms with Crippen LogP contribution in [0.2, 0.25) is 0 Å². The zero-order valence-corrected chi connectivity index (χ0v) is 13.7. The average Bonchev–Trinajstić information content (AvgIpc) is 2.46. The number of likely N-dealkylation sites (N-methyl/N-ethyl adjacent to an activating group) is 1. The first-order chi connectivity index (χ1) is 9.54. The molecule has 5 nitrogen and oxygen atoms in total. The molecule has 2 aliphatic heterocycles. The highest BCUT2D eigenvalue weighted by Crippen LogP contribution is 2.21. The fourth-order valence-corrected chi connectivity index (χ4v) is 4.78. The highest BCUT2D eigenvalue weighted by Gasteiger charge is 2.32. The summed E-state index contributed by atoms with van der Waals surface area (Å²) >= 11 is 0. The van der Waals surface area contributed by atoms with Gasteiger partial charge >= 0.3 is 0 Å². The largest absolute Gasteiger partial charge is 0.313 e. The third kappa shape index (κ3) is 3.93. The number of hydrogen-bond donors (Lipinski definition) is 1. The molecular weight excluding hydrogens is 274 g/mol. The van der Waals surface area contributed by atoms with Crippen molar-refractivity contribution in [3.05, 3.63) is 0 Å². The molecule has 6 heteroatoms. The summed E-state index contributed by atoms with van der Waals surface area (Å²) < 4.78 is 28.8. The van der Waals surface area contributed by atoms with Gasteiger partial charge in [-0.1, -0.05) is 20.3 Å². The molecule has 0 saturated carbocycles. The molecule has 2 saturated heterocycles. The van der Waals surface area contributed by atoms with Crippen LogP contribution in [-0.4, -0.2) is 55.8 Å². The summed E-state index contributed by atoms with van der Waals surface area (Å²) in [5.74, 6) is 0.650. The van der Waals surface area contributed by atoms with Crippen molar-refractivity contribution in [1.29, 1.82) is 0 Å². The summed E-state index contributed by atoms with van der Waals surface area (Å²) in [6, 6.07) is 0.321. The molecule has 1 N–H and O–H groups in total. The van der Waals surface area contributed by atoms with Gasteiger partial charge in [-0.3, -0.25) is 0 Å². The van der Waals surface area contributed by atoms with Crippen molar-refractivity contribution >= 4 is 10.2 Å². The van der Waals surface area contributed by atoms with Crippen molar-refractivity contribution in [1.82, 2.24) is 13.9 Å². The van der Waals surface area contributed by atoms with Crippen LogP contribution in [0.4, 0.5) is 0 Å². The second kappa shape index (κ2) is 7.20. The molecule has 0 spiro atoms. The maximum atomic E-state index is 12.7. The summed E-state index contributed by atoms with van der Waals surface area (Å²) in [6.45, 7) is 7.69. The second-order valence-corrected chi connectivity index (χ2v) is 8.12. The molecule has 0 aromatic heterocycles. The Bertz CT molecular complexity index is 385. The molecule has 1 unspecified atom stereocenters. The van der Waals surface area contributed by atoms with Gasteiger partial charge in [0.05, 0.1) is 0 Å². The van der Waals surface area contributed by atoms with Gasteiger partial charge < -0.3 is 5.32 Å². The van der Waals surface area contributed by atoms with Crippen LogP contribution in [-0.2, 0) is 10.2 Å². The number of piperidine rings is 2. The summed E-state index contributed by atoms with van der Waals surface area (Å²) in [4.78, 5) is 0. The van der Waals surface area contributed by atoms with Gasteiger partial charge in [-0.05, 0) is 38.1 Å². The minimum atomic E-state index is -3.27. The lowest BCUT2D eigenvalue weighted by Gasteiger charge is -2.35. The van der Waals surface area contributed by atoms with E-state index >= 15 is 0 Å². The molecule has 118 valence electrons. The minimum absolute atomic E-state index is 0.321. The monoisotopic (exact) mass is 303 g/mol. The predicted molar refractivity (Wildman–Crippen MR) is 81.8 cm³/mol. The fraction of sp³-hybridized carbons (Fsp3) is 1.00. The average molecular weight is 303 g/mol. The van der Waals surface area contributed by atoms with Crippen molar-refractivity contribution in [2.24, 2.45) is 5.92 Å². The Hall–Kier alpha value is -0.170. The molecular formula is C14H29N3O2S. The van der Waals surface area contributed by atoms with E-state index in [-0.39, 0.29) is 0 Å². The van der Waals surface area contributed by atoms with Crippen LogP contribution in [0.25, 0.3) is 0 Å². The first-order valence-electron chi connectivity index (χ1n) is 8.02. The van der Waals surface area contributed by atoms with E-state index in [9.17, 15) is 8.42 Å². The topological polar surface area (TPSA) is 52.7 Å². The number of nitrogens with one attached hydrogen (secondary N) is 1. The third-order valence-electron chi connectivity index (χ3n) is 4.58. The molecule has 0 aliphatic carbocycles. The number of nitrogens with zero attached hydrogens (tertiary/aromatic N) is 2. The Kier molecular flexibility index (Phi) is 5.84. The van der Waals surface area contributed by atoms with Crippen LogP contribution < -0.4 is 5.32 Å². The predicted octanol–water partition coefficient (Wildman–Crippen LogP) is 1.43. The van der Waals surface area contributed by atoms with Gasteiger partial charge in [-0.25, -0.2) is 0 Å². The molecule has 2 rings (SSSR count). The lowest BCUT2D eigenvalue weighted by atomic mass is 10.0. The van der Waals surface area contributed by atoms with Gasteiger partial charge in [0.2, 0.25) is 0 Å². The van der Waals surface area contributed by atoms with E-state index in [1.165, 1.54) is 12.8 Å². The Balaban J connectivity index is 1.97. The summed E-state index contributed by atoms with van der Waals surface area (Å²) in [6.07, 6.45) is 5.47. The molecule has 1 atom stereocenters. The standard InChI is InChI=1S/C14H29N3O2S/c1-3-16(12-14-6-4-5-9-15-14)20(18,19)17-10-7-13(2)8-11-17/h13-15H,3-12H2,1-2H3. The normalized spacial score (nSPS) is 27.1. The van der Waals surface area contributed by atoms with Crippen molar-refractivity contribution in [3.8, 4) is 0 Å². The third-order valence-corrected chi connectivity index (χ3v) is 6.66. The Morgan fingerprint density at radius 2 is 1.90 bits per heavy atom. The van der Waals surface area contributed by atoms with Gasteiger partial charge in [0.25, 0.3) is 10.2 Å². The molecule has 0 aromatic rings. The van der Waals surface area contributed by atoms with E-state index in [2.05, 4.69) is 12.2 Å². The van der Waals surface area contributed by atoms with Crippen molar-refractivity contribution in [3.63, 3.8) is 0 Å². The maximum absolute atomic E-state index is 12.7. The maximum Gasteiger partial charge on any atom is 0.282 e. The van der Waals surface area contributed by atoms with E-state index in [0.29, 0.717) is 38.1 Å². The van der Waals surface area contributed by atoms with Crippen LogP contribution in [0.15, 0.2) is 0 Å². The Morgan fingerprint density at radius 3 is 2.45 bits per heavy atom. The van der Waals surface area contributed by atoms with Gasteiger partial charge in [-0.15, -0.1) is 0 Å². The Morgan fingerprint density at radius 1 is 1.20 bits per heavy atom. The first kappa shape index (κ1) is 16.2. The number of hydrogen-bond acceptors (Lipinski definition) is 3. The molecule has 2 fully saturated rings. The number of rotatable bonds is 5. The molecule has 2 heterocycles. The van der Waals surface area contributed by atoms with E-state index in [0.717, 1.165) is 25.8 Å². The van der Waals surface area contributed by atoms with Gasteiger partial charge in [0, 0.05) is 32.2 Å². The molecule has 20 heavy (non-hydrogen) atoms. The van der Waals surface area contributed by atoms with E-state index < -0.39 is 10.2 Å².